The Kier molecular flexibility index (Phi) is 6.56. The van der Waals surface area contributed by atoms with Gasteiger partial charge < -0.3 is 24.2 Å². The zero-order chi connectivity index (χ0) is 28.2. The highest BCUT2D eigenvalue weighted by atomic mass is 19.1. The smallest absolute Gasteiger partial charge is 0.324 e. The van der Waals surface area contributed by atoms with Crippen LogP contribution < -0.4 is 9.64 Å². The lowest BCUT2D eigenvalue weighted by molar-refractivity contribution is -0.0218. The Balaban J connectivity index is 1.15. The van der Waals surface area contributed by atoms with E-state index in [0.29, 0.717) is 36.1 Å². The number of hydrogen-bond donors (Lipinski definition) is 1. The van der Waals surface area contributed by atoms with Gasteiger partial charge in [0.2, 0.25) is 0 Å². The summed E-state index contributed by atoms with van der Waals surface area (Å²) in [6.07, 6.45) is 4.20. The van der Waals surface area contributed by atoms with Crippen LogP contribution in [0.25, 0.3) is 11.3 Å². The average Bonchev–Trinajstić information content (AvgIpc) is 3.59. The van der Waals surface area contributed by atoms with Crippen molar-refractivity contribution >= 4 is 11.9 Å². The second-order valence-electron chi connectivity index (χ2n) is 12.5. The van der Waals surface area contributed by atoms with Crippen LogP contribution in [0.15, 0.2) is 35.0 Å². The molecule has 6 rings (SSSR count). The average molecular weight is 550 g/mol. The van der Waals surface area contributed by atoms with E-state index in [4.69, 9.17) is 9.26 Å². The summed E-state index contributed by atoms with van der Waals surface area (Å²) >= 11 is 0. The Morgan fingerprint density at radius 3 is 2.60 bits per heavy atom. The lowest BCUT2D eigenvalue weighted by Crippen LogP contribution is -2.54. The largest absolute Gasteiger partial charge is 0.485 e. The molecule has 0 bridgehead atoms. The lowest BCUT2D eigenvalue weighted by Gasteiger charge is -2.47. The number of aliphatic hydroxyl groups is 1. The summed E-state index contributed by atoms with van der Waals surface area (Å²) in [6.45, 7) is 10.6. The number of amides is 1. The van der Waals surface area contributed by atoms with Crippen LogP contribution in [0.5, 0.6) is 5.75 Å². The molecule has 2 fully saturated rings. The van der Waals surface area contributed by atoms with E-state index in [0.717, 1.165) is 43.7 Å². The van der Waals surface area contributed by atoms with Gasteiger partial charge in [-0.3, -0.25) is 9.78 Å². The van der Waals surface area contributed by atoms with Gasteiger partial charge >= 0.3 is 6.01 Å². The Hall–Kier alpha value is -3.53. The lowest BCUT2D eigenvalue weighted by atomic mass is 9.75. The Bertz CT molecular complexity index is 1430. The van der Waals surface area contributed by atoms with Gasteiger partial charge in [0.15, 0.2) is 5.82 Å². The van der Waals surface area contributed by atoms with Gasteiger partial charge in [-0.1, -0.05) is 38.9 Å². The fourth-order valence-corrected chi connectivity index (χ4v) is 5.99. The standard InChI is InChI=1S/C30H36FN5O4/c1-18-13-20-15-24(19-5-6-22(23(31)14-19)26(38)36-10-7-21(37)17-36)32-16-25(20)39-30(18)8-11-35(12-9-30)28-33-27(34-40-28)29(2,3)4/h5-6,14-16,18,21,37H,7-13,17H2,1-4H3/t18?,21-/m1/s1. The summed E-state index contributed by atoms with van der Waals surface area (Å²) in [6, 6.07) is 7.13. The van der Waals surface area contributed by atoms with Crippen molar-refractivity contribution in [3.05, 3.63) is 53.2 Å². The number of nitrogens with zero attached hydrogens (tertiary/aromatic N) is 5. The topological polar surface area (TPSA) is 105 Å². The molecule has 3 aromatic rings. The van der Waals surface area contributed by atoms with E-state index in [2.05, 4.69) is 47.7 Å². The third-order valence-corrected chi connectivity index (χ3v) is 8.60. The number of pyridine rings is 1. The number of aromatic nitrogens is 3. The summed E-state index contributed by atoms with van der Waals surface area (Å²) < 4.78 is 27.2. The molecule has 2 aromatic heterocycles. The van der Waals surface area contributed by atoms with Crippen LogP contribution in [-0.2, 0) is 11.8 Å². The number of piperidine rings is 1. The minimum absolute atomic E-state index is 0.0104. The minimum atomic E-state index is -0.588. The maximum absolute atomic E-state index is 15.0. The van der Waals surface area contributed by atoms with Crippen molar-refractivity contribution in [1.29, 1.82) is 0 Å². The van der Waals surface area contributed by atoms with E-state index < -0.39 is 17.8 Å². The van der Waals surface area contributed by atoms with Gasteiger partial charge in [0, 0.05) is 55.9 Å². The number of ether oxygens (including phenoxy) is 1. The van der Waals surface area contributed by atoms with Crippen molar-refractivity contribution < 1.29 is 23.6 Å². The minimum Gasteiger partial charge on any atom is -0.485 e. The molecule has 10 heteroatoms. The molecule has 40 heavy (non-hydrogen) atoms. The summed E-state index contributed by atoms with van der Waals surface area (Å²) in [7, 11) is 0. The van der Waals surface area contributed by atoms with Gasteiger partial charge in [0.1, 0.15) is 17.2 Å². The van der Waals surface area contributed by atoms with Gasteiger partial charge in [-0.25, -0.2) is 4.39 Å². The highest BCUT2D eigenvalue weighted by Crippen LogP contribution is 2.44. The van der Waals surface area contributed by atoms with Crippen molar-refractivity contribution in [2.45, 2.75) is 70.5 Å². The van der Waals surface area contributed by atoms with Gasteiger partial charge in [-0.05, 0) is 36.6 Å². The monoisotopic (exact) mass is 549 g/mol. The first-order valence-electron chi connectivity index (χ1n) is 14.1. The number of likely N-dealkylation sites (tertiary alicyclic amines) is 1. The number of anilines is 1. The summed E-state index contributed by atoms with van der Waals surface area (Å²) in [4.78, 5) is 25.5. The molecule has 1 aromatic carbocycles. The van der Waals surface area contributed by atoms with E-state index in [-0.39, 0.29) is 29.0 Å². The Morgan fingerprint density at radius 2 is 1.95 bits per heavy atom. The van der Waals surface area contributed by atoms with E-state index in [1.54, 1.807) is 12.3 Å². The van der Waals surface area contributed by atoms with E-state index >= 15 is 4.39 Å². The highest BCUT2D eigenvalue weighted by Gasteiger charge is 2.45. The quantitative estimate of drug-likeness (QED) is 0.513. The number of rotatable bonds is 3. The maximum atomic E-state index is 15.0. The first-order valence-corrected chi connectivity index (χ1v) is 14.1. The molecule has 1 unspecified atom stereocenters. The van der Waals surface area contributed by atoms with E-state index in [1.807, 2.05) is 6.07 Å². The number of β-amino-alcohol motifs (C(OH)–C–C–N with tert-alkyl or cyclic N) is 1. The van der Waals surface area contributed by atoms with Gasteiger partial charge in [0.05, 0.1) is 23.6 Å². The second kappa shape index (κ2) is 9.83. The molecule has 9 nitrogen and oxygen atoms in total. The Labute approximate surface area is 233 Å². The first-order chi connectivity index (χ1) is 19.0. The predicted molar refractivity (Wildman–Crippen MR) is 147 cm³/mol. The molecule has 1 spiro atoms. The molecule has 3 aliphatic rings. The summed E-state index contributed by atoms with van der Waals surface area (Å²) in [5.41, 5.74) is 1.84. The van der Waals surface area contributed by atoms with Crippen LogP contribution in [0, 0.1) is 11.7 Å². The van der Waals surface area contributed by atoms with Crippen LogP contribution in [0.4, 0.5) is 10.4 Å². The van der Waals surface area contributed by atoms with Crippen LogP contribution in [0.2, 0.25) is 0 Å². The number of aliphatic hydroxyl groups excluding tert-OH is 1. The zero-order valence-electron chi connectivity index (χ0n) is 23.5. The van der Waals surface area contributed by atoms with E-state index in [9.17, 15) is 9.90 Å². The molecule has 1 amide bonds. The molecule has 1 N–H and O–H groups in total. The molecule has 5 heterocycles. The molecular formula is C30H36FN5O4. The van der Waals surface area contributed by atoms with Gasteiger partial charge in [-0.15, -0.1) is 0 Å². The molecule has 2 atom stereocenters. The number of hydrogen-bond acceptors (Lipinski definition) is 8. The van der Waals surface area contributed by atoms with Crippen LogP contribution in [0.1, 0.15) is 68.7 Å². The molecule has 2 saturated heterocycles. The summed E-state index contributed by atoms with van der Waals surface area (Å²) in [5.74, 6) is 0.759. The zero-order valence-corrected chi connectivity index (χ0v) is 23.5. The highest BCUT2D eigenvalue weighted by molar-refractivity contribution is 5.95. The van der Waals surface area contributed by atoms with Crippen molar-refractivity contribution in [2.75, 3.05) is 31.1 Å². The van der Waals surface area contributed by atoms with Gasteiger partial charge in [0.25, 0.3) is 5.91 Å². The number of benzene rings is 1. The molecule has 0 aliphatic carbocycles. The predicted octanol–water partition coefficient (Wildman–Crippen LogP) is 4.39. The molecule has 0 saturated carbocycles. The first kappa shape index (κ1) is 26.7. The third-order valence-electron chi connectivity index (χ3n) is 8.60. The van der Waals surface area contributed by atoms with Crippen LogP contribution in [-0.4, -0.2) is 68.9 Å². The van der Waals surface area contributed by atoms with Gasteiger partial charge in [-0.2, -0.15) is 4.98 Å². The SMILES string of the molecule is CC1Cc2cc(-c3ccc(C(=O)N4CC[C@@H](O)C4)c(F)c3)ncc2OC12CCN(c1nc(C(C)(C)C)no1)CC2. The number of fused-ring (bicyclic) bond motifs is 1. The van der Waals surface area contributed by atoms with E-state index in [1.165, 1.54) is 17.0 Å². The maximum Gasteiger partial charge on any atom is 0.324 e. The third kappa shape index (κ3) is 4.82. The van der Waals surface area contributed by atoms with Crippen molar-refractivity contribution in [3.63, 3.8) is 0 Å². The Morgan fingerprint density at radius 1 is 1.18 bits per heavy atom. The molecular weight excluding hydrogens is 513 g/mol. The number of halogens is 1. The molecule has 0 radical (unpaired) electrons. The number of carbonyl (C=O) groups excluding carboxylic acids is 1. The van der Waals surface area contributed by atoms with Crippen molar-refractivity contribution in [2.24, 2.45) is 5.92 Å². The van der Waals surface area contributed by atoms with Crippen LogP contribution >= 0.6 is 0 Å². The van der Waals surface area contributed by atoms with Crippen molar-refractivity contribution in [1.82, 2.24) is 20.0 Å². The normalized spacial score (nSPS) is 22.4. The second-order valence-corrected chi connectivity index (χ2v) is 12.5. The molecule has 3 aliphatic heterocycles. The fourth-order valence-electron chi connectivity index (χ4n) is 5.99. The van der Waals surface area contributed by atoms with Crippen molar-refractivity contribution in [3.8, 4) is 17.0 Å². The fraction of sp³-hybridized carbons (Fsp3) is 0.533. The number of carbonyl (C=O) groups is 1. The summed E-state index contributed by atoms with van der Waals surface area (Å²) in [5, 5.41) is 13.9. The van der Waals surface area contributed by atoms with Crippen LogP contribution in [0.3, 0.4) is 0 Å². The molecule has 212 valence electrons.